The topological polar surface area (TPSA) is 113 Å². The van der Waals surface area contributed by atoms with E-state index in [0.29, 0.717) is 18.9 Å². The largest absolute Gasteiger partial charge is 0.480 e. The highest BCUT2D eigenvalue weighted by Gasteiger charge is 2.44. The van der Waals surface area contributed by atoms with Crippen LogP contribution >= 0.6 is 0 Å². The van der Waals surface area contributed by atoms with Gasteiger partial charge in [-0.2, -0.15) is 0 Å². The minimum absolute atomic E-state index is 0.110. The number of amides is 1. The number of hydrogen-bond donors (Lipinski definition) is 2. The van der Waals surface area contributed by atoms with Gasteiger partial charge in [0.15, 0.2) is 0 Å². The number of likely N-dealkylation sites (tertiary alicyclic amines) is 1. The molecule has 8 nitrogen and oxygen atoms in total. The highest BCUT2D eigenvalue weighted by molar-refractivity contribution is 5.93. The number of aliphatic carboxylic acids is 1. The van der Waals surface area contributed by atoms with Crippen LogP contribution < -0.4 is 5.32 Å². The lowest BCUT2D eigenvalue weighted by Gasteiger charge is -2.32. The van der Waals surface area contributed by atoms with Crippen molar-refractivity contribution in [2.75, 3.05) is 11.9 Å². The second-order valence-corrected chi connectivity index (χ2v) is 7.01. The summed E-state index contributed by atoms with van der Waals surface area (Å²) in [5.41, 5.74) is 0.00651. The molecule has 0 aromatic heterocycles. The minimum Gasteiger partial charge on any atom is -0.480 e. The molecule has 3 atom stereocenters. The summed E-state index contributed by atoms with van der Waals surface area (Å²) in [6.07, 6.45) is 5.00. The maximum absolute atomic E-state index is 12.3. The highest BCUT2D eigenvalue weighted by Crippen LogP contribution is 2.39. The predicted octanol–water partition coefficient (Wildman–Crippen LogP) is 2.64. The standard InChI is InChI=1S/C18H23N3O5/c22-17(19-13-6-2-4-8-15(13)21(25)26)9-10-20-14-7-3-1-5-12(14)11-16(20)18(23)24/h2,4,6,8,12,14,16H,1,3,5,7,9-11H2,(H,19,22)(H,23,24). The van der Waals surface area contributed by atoms with Gasteiger partial charge in [-0.1, -0.05) is 25.0 Å². The van der Waals surface area contributed by atoms with Gasteiger partial charge in [-0.05, 0) is 31.2 Å². The van der Waals surface area contributed by atoms with Crippen LogP contribution in [0.4, 0.5) is 11.4 Å². The summed E-state index contributed by atoms with van der Waals surface area (Å²) in [7, 11) is 0. The Labute approximate surface area is 151 Å². The second kappa shape index (κ2) is 7.82. The number of carboxylic acids is 1. The molecular formula is C18H23N3O5. The van der Waals surface area contributed by atoms with E-state index >= 15 is 0 Å². The molecule has 26 heavy (non-hydrogen) atoms. The number of carboxylic acid groups (broad SMARTS) is 1. The molecule has 1 aromatic carbocycles. The number of anilines is 1. The number of rotatable bonds is 6. The van der Waals surface area contributed by atoms with E-state index in [4.69, 9.17) is 0 Å². The molecule has 1 saturated heterocycles. The number of benzene rings is 1. The van der Waals surface area contributed by atoms with Gasteiger partial charge in [-0.3, -0.25) is 24.6 Å². The summed E-state index contributed by atoms with van der Waals surface area (Å²) in [6, 6.07) is 5.67. The second-order valence-electron chi connectivity index (χ2n) is 7.01. The minimum atomic E-state index is -0.835. The van der Waals surface area contributed by atoms with Crippen LogP contribution in [0.15, 0.2) is 24.3 Å². The van der Waals surface area contributed by atoms with Gasteiger partial charge in [0, 0.05) is 25.1 Å². The average molecular weight is 361 g/mol. The summed E-state index contributed by atoms with van der Waals surface area (Å²) in [5, 5.41) is 23.1. The Bertz CT molecular complexity index is 708. The number of para-hydroxylation sites is 2. The molecule has 2 fully saturated rings. The van der Waals surface area contributed by atoms with Crippen LogP contribution in [-0.4, -0.2) is 45.4 Å². The third-order valence-corrected chi connectivity index (χ3v) is 5.48. The van der Waals surface area contributed by atoms with Crippen LogP contribution in [0.5, 0.6) is 0 Å². The van der Waals surface area contributed by atoms with Crippen LogP contribution in [0.25, 0.3) is 0 Å². The molecule has 3 unspecified atom stereocenters. The molecule has 1 aliphatic heterocycles. The SMILES string of the molecule is O=C(CCN1C(C(=O)O)CC2CCCCC21)Nc1ccccc1[N+](=O)[O-]. The predicted molar refractivity (Wildman–Crippen MR) is 94.8 cm³/mol. The normalized spacial score (nSPS) is 25.5. The molecule has 1 saturated carbocycles. The Balaban J connectivity index is 1.63. The summed E-state index contributed by atoms with van der Waals surface area (Å²) in [6.45, 7) is 0.352. The lowest BCUT2D eigenvalue weighted by molar-refractivity contribution is -0.383. The first-order valence-electron chi connectivity index (χ1n) is 8.99. The van der Waals surface area contributed by atoms with Crippen molar-refractivity contribution in [2.24, 2.45) is 5.92 Å². The number of nitrogens with zero attached hydrogens (tertiary/aromatic N) is 2. The zero-order valence-corrected chi connectivity index (χ0v) is 14.5. The first-order valence-corrected chi connectivity index (χ1v) is 8.99. The quantitative estimate of drug-likeness (QED) is 0.595. The molecule has 2 aliphatic rings. The molecule has 1 amide bonds. The molecule has 0 bridgehead atoms. The molecule has 2 N–H and O–H groups in total. The monoisotopic (exact) mass is 361 g/mol. The zero-order valence-electron chi connectivity index (χ0n) is 14.5. The van der Waals surface area contributed by atoms with E-state index in [1.807, 2.05) is 4.90 Å². The number of nitro groups is 1. The number of carbonyl (C=O) groups excluding carboxylic acids is 1. The van der Waals surface area contributed by atoms with Crippen molar-refractivity contribution in [2.45, 2.75) is 50.6 Å². The average Bonchev–Trinajstić information content (AvgIpc) is 2.99. The summed E-state index contributed by atoms with van der Waals surface area (Å²) < 4.78 is 0. The first-order chi connectivity index (χ1) is 12.5. The van der Waals surface area contributed by atoms with E-state index in [1.54, 1.807) is 12.1 Å². The Kier molecular flexibility index (Phi) is 5.51. The van der Waals surface area contributed by atoms with Crippen molar-refractivity contribution in [3.05, 3.63) is 34.4 Å². The molecule has 0 spiro atoms. The maximum atomic E-state index is 12.3. The van der Waals surface area contributed by atoms with Crippen molar-refractivity contribution in [3.8, 4) is 0 Å². The molecule has 140 valence electrons. The van der Waals surface area contributed by atoms with Gasteiger partial charge in [-0.15, -0.1) is 0 Å². The van der Waals surface area contributed by atoms with E-state index in [-0.39, 0.29) is 29.7 Å². The lowest BCUT2D eigenvalue weighted by Crippen LogP contribution is -2.43. The Morgan fingerprint density at radius 3 is 2.73 bits per heavy atom. The molecule has 3 rings (SSSR count). The van der Waals surface area contributed by atoms with Crippen molar-refractivity contribution in [1.29, 1.82) is 0 Å². The summed E-state index contributed by atoms with van der Waals surface area (Å²) in [4.78, 5) is 36.3. The van der Waals surface area contributed by atoms with Gasteiger partial charge in [0.2, 0.25) is 5.91 Å². The number of carbonyl (C=O) groups is 2. The smallest absolute Gasteiger partial charge is 0.320 e. The number of nitro benzene ring substituents is 1. The Hall–Kier alpha value is -2.48. The number of hydrogen-bond acceptors (Lipinski definition) is 5. The van der Waals surface area contributed by atoms with Gasteiger partial charge >= 0.3 is 5.97 Å². The fourth-order valence-electron chi connectivity index (χ4n) is 4.30. The first kappa shape index (κ1) is 18.3. The van der Waals surface area contributed by atoms with Gasteiger partial charge in [-0.25, -0.2) is 0 Å². The van der Waals surface area contributed by atoms with E-state index in [1.165, 1.54) is 12.1 Å². The van der Waals surface area contributed by atoms with Gasteiger partial charge in [0.05, 0.1) is 4.92 Å². The van der Waals surface area contributed by atoms with Crippen LogP contribution in [0.1, 0.15) is 38.5 Å². The van der Waals surface area contributed by atoms with E-state index in [0.717, 1.165) is 25.7 Å². The zero-order chi connectivity index (χ0) is 18.7. The van der Waals surface area contributed by atoms with Crippen molar-refractivity contribution >= 4 is 23.3 Å². The van der Waals surface area contributed by atoms with Crippen molar-refractivity contribution < 1.29 is 19.6 Å². The van der Waals surface area contributed by atoms with E-state index in [2.05, 4.69) is 5.32 Å². The molecular weight excluding hydrogens is 338 g/mol. The van der Waals surface area contributed by atoms with E-state index < -0.39 is 16.9 Å². The highest BCUT2D eigenvalue weighted by atomic mass is 16.6. The molecule has 1 heterocycles. The summed E-state index contributed by atoms with van der Waals surface area (Å²) >= 11 is 0. The third-order valence-electron chi connectivity index (χ3n) is 5.48. The van der Waals surface area contributed by atoms with Crippen molar-refractivity contribution in [1.82, 2.24) is 4.90 Å². The van der Waals surface area contributed by atoms with Crippen LogP contribution in [-0.2, 0) is 9.59 Å². The molecule has 1 aliphatic carbocycles. The number of fused-ring (bicyclic) bond motifs is 1. The van der Waals surface area contributed by atoms with Crippen LogP contribution in [0.3, 0.4) is 0 Å². The maximum Gasteiger partial charge on any atom is 0.320 e. The van der Waals surface area contributed by atoms with Crippen LogP contribution in [0, 0.1) is 16.0 Å². The number of nitrogens with one attached hydrogen (secondary N) is 1. The molecule has 1 aromatic rings. The van der Waals surface area contributed by atoms with E-state index in [9.17, 15) is 24.8 Å². The molecule has 0 radical (unpaired) electrons. The van der Waals surface area contributed by atoms with Crippen molar-refractivity contribution in [3.63, 3.8) is 0 Å². The Morgan fingerprint density at radius 2 is 2.00 bits per heavy atom. The summed E-state index contributed by atoms with van der Waals surface area (Å²) in [5.74, 6) is -0.788. The third kappa shape index (κ3) is 3.85. The van der Waals surface area contributed by atoms with Crippen LogP contribution in [0.2, 0.25) is 0 Å². The molecule has 8 heteroatoms. The fraction of sp³-hybridized carbons (Fsp3) is 0.556. The van der Waals surface area contributed by atoms with Gasteiger partial charge in [0.25, 0.3) is 5.69 Å². The fourth-order valence-corrected chi connectivity index (χ4v) is 4.30. The van der Waals surface area contributed by atoms with Gasteiger partial charge in [0.1, 0.15) is 11.7 Å². The lowest BCUT2D eigenvalue weighted by atomic mass is 9.85. The Morgan fingerprint density at radius 1 is 1.27 bits per heavy atom. The van der Waals surface area contributed by atoms with Gasteiger partial charge < -0.3 is 10.4 Å².